The first-order valence-electron chi connectivity index (χ1n) is 7.37. The Bertz CT molecular complexity index is 438. The maximum atomic E-state index is 5.92. The van der Waals surface area contributed by atoms with E-state index in [1.165, 1.54) is 0 Å². The molecule has 6 nitrogen and oxygen atoms in total. The lowest BCUT2D eigenvalue weighted by molar-refractivity contribution is 0.114. The van der Waals surface area contributed by atoms with Crippen LogP contribution in [0, 0.1) is 0 Å². The number of nitrogens with two attached hydrogens (primary N) is 1. The number of anilines is 1. The molecule has 0 bridgehead atoms. The number of para-hydroxylation sites is 1. The number of thiol groups is 1. The molecule has 1 aliphatic rings. The van der Waals surface area contributed by atoms with Crippen molar-refractivity contribution in [3.8, 4) is 0 Å². The number of nitrogen functional groups attached to an aromatic ring is 1. The maximum absolute atomic E-state index is 5.92. The number of hydrogen-bond donors (Lipinski definition) is 2. The molecule has 0 amide bonds. The first-order valence-corrected chi connectivity index (χ1v) is 9.04. The molecular weight excluding hydrogens is 334 g/mol. The Morgan fingerprint density at radius 1 is 1.26 bits per heavy atom. The van der Waals surface area contributed by atoms with Crippen LogP contribution >= 0.6 is 12.6 Å². The lowest BCUT2D eigenvalue weighted by atomic mass is 10.1. The van der Waals surface area contributed by atoms with Crippen LogP contribution < -0.4 is 5.73 Å². The van der Waals surface area contributed by atoms with E-state index in [0.717, 1.165) is 48.8 Å². The fourth-order valence-corrected chi connectivity index (χ4v) is 2.54. The highest BCUT2D eigenvalue weighted by Crippen LogP contribution is 2.21. The quantitative estimate of drug-likeness (QED) is 0.230. The second-order valence-corrected chi connectivity index (χ2v) is 7.05. The highest BCUT2D eigenvalue weighted by atomic mass is 32.1. The fourth-order valence-electron chi connectivity index (χ4n) is 1.81. The zero-order valence-corrected chi connectivity index (χ0v) is 15.8. The van der Waals surface area contributed by atoms with Crippen LogP contribution in [-0.2, 0) is 29.2 Å². The van der Waals surface area contributed by atoms with Gasteiger partial charge in [-0.2, -0.15) is 0 Å². The first kappa shape index (κ1) is 20.4. The molecule has 1 aliphatic heterocycles. The third-order valence-electron chi connectivity index (χ3n) is 3.11. The van der Waals surface area contributed by atoms with E-state index in [1.807, 2.05) is 18.2 Å². The van der Waals surface area contributed by atoms with Gasteiger partial charge >= 0.3 is 9.53 Å². The Morgan fingerprint density at radius 2 is 1.91 bits per heavy atom. The highest BCUT2D eigenvalue weighted by molar-refractivity contribution is 7.80. The summed E-state index contributed by atoms with van der Waals surface area (Å²) in [5.74, 6) is 0. The number of aryl methyl sites for hydroxylation is 1. The molecule has 2 N–H and O–H groups in total. The van der Waals surface area contributed by atoms with E-state index >= 15 is 0 Å². The van der Waals surface area contributed by atoms with Crippen LogP contribution in [0.1, 0.15) is 12.0 Å². The van der Waals surface area contributed by atoms with Crippen molar-refractivity contribution in [3.05, 3.63) is 23.8 Å². The molecule has 0 aliphatic carbocycles. The fraction of sp³-hybridized carbons (Fsp3) is 0.600. The summed E-state index contributed by atoms with van der Waals surface area (Å²) in [4.78, 5) is 0.852. The zero-order valence-electron chi connectivity index (χ0n) is 13.9. The normalized spacial score (nSPS) is 16.1. The van der Waals surface area contributed by atoms with Crippen LogP contribution in [0.4, 0.5) is 5.69 Å². The number of epoxide rings is 1. The Hall–Kier alpha value is -0.613. The summed E-state index contributed by atoms with van der Waals surface area (Å²) in [6.07, 6.45) is 2.27. The standard InChI is InChI=1S/C12H17NO2S.C3H9O3Si/c13-12-9(3-1-5-11(12)16)4-2-6-14-7-10-8-15-10;1-4-7(5-2)6-3/h1,3,5,10,16H,2,4,6-8,13H2;1-3H3. The molecule has 1 fully saturated rings. The minimum atomic E-state index is -1.36. The first-order chi connectivity index (χ1) is 11.1. The number of benzene rings is 1. The van der Waals surface area contributed by atoms with Crippen LogP contribution in [0.25, 0.3) is 0 Å². The third-order valence-corrected chi connectivity index (χ3v) is 4.50. The predicted octanol–water partition coefficient (Wildman–Crippen LogP) is 1.82. The molecule has 0 aromatic heterocycles. The molecule has 8 heteroatoms. The Balaban J connectivity index is 0.000000322. The van der Waals surface area contributed by atoms with Gasteiger partial charge in [-0.1, -0.05) is 12.1 Å². The molecule has 1 aromatic rings. The molecule has 0 saturated carbocycles. The molecule has 23 heavy (non-hydrogen) atoms. The summed E-state index contributed by atoms with van der Waals surface area (Å²) in [6, 6.07) is 5.93. The summed E-state index contributed by atoms with van der Waals surface area (Å²) < 4.78 is 24.6. The average Bonchev–Trinajstić information content (AvgIpc) is 3.38. The largest absolute Gasteiger partial charge is 0.576 e. The van der Waals surface area contributed by atoms with Gasteiger partial charge in [0.25, 0.3) is 0 Å². The summed E-state index contributed by atoms with van der Waals surface area (Å²) in [5.41, 5.74) is 7.86. The van der Waals surface area contributed by atoms with E-state index in [-0.39, 0.29) is 0 Å². The van der Waals surface area contributed by atoms with Gasteiger partial charge in [0, 0.05) is 38.5 Å². The van der Waals surface area contributed by atoms with E-state index in [9.17, 15) is 0 Å². The van der Waals surface area contributed by atoms with Crippen molar-refractivity contribution < 1.29 is 22.8 Å². The minimum absolute atomic E-state index is 0.353. The Kier molecular flexibility index (Phi) is 10.5. The van der Waals surface area contributed by atoms with Gasteiger partial charge in [0.05, 0.1) is 13.2 Å². The lowest BCUT2D eigenvalue weighted by Gasteiger charge is -2.07. The molecule has 1 radical (unpaired) electrons. The Morgan fingerprint density at radius 3 is 2.43 bits per heavy atom. The highest BCUT2D eigenvalue weighted by Gasteiger charge is 2.21. The van der Waals surface area contributed by atoms with Crippen molar-refractivity contribution in [1.82, 2.24) is 0 Å². The van der Waals surface area contributed by atoms with Crippen LogP contribution in [0.15, 0.2) is 23.1 Å². The maximum Gasteiger partial charge on any atom is 0.576 e. The van der Waals surface area contributed by atoms with Gasteiger partial charge in [-0.05, 0) is 24.5 Å². The molecule has 1 unspecified atom stereocenters. The van der Waals surface area contributed by atoms with Gasteiger partial charge in [0.1, 0.15) is 6.10 Å². The molecule has 1 saturated heterocycles. The molecule has 131 valence electrons. The van der Waals surface area contributed by atoms with E-state index in [4.69, 9.17) is 28.5 Å². The van der Waals surface area contributed by atoms with Gasteiger partial charge in [0.2, 0.25) is 0 Å². The molecular formula is C15H26NO5SSi. The van der Waals surface area contributed by atoms with Gasteiger partial charge in [-0.15, -0.1) is 12.6 Å². The van der Waals surface area contributed by atoms with Crippen LogP contribution in [-0.4, -0.2) is 56.8 Å². The van der Waals surface area contributed by atoms with Crippen molar-refractivity contribution in [2.24, 2.45) is 0 Å². The topological polar surface area (TPSA) is 75.5 Å². The average molecular weight is 361 g/mol. The number of rotatable bonds is 9. The molecule has 1 atom stereocenters. The van der Waals surface area contributed by atoms with E-state index in [1.54, 1.807) is 21.3 Å². The monoisotopic (exact) mass is 360 g/mol. The van der Waals surface area contributed by atoms with Gasteiger partial charge in [-0.3, -0.25) is 0 Å². The third kappa shape index (κ3) is 8.71. The van der Waals surface area contributed by atoms with Gasteiger partial charge < -0.3 is 28.5 Å². The van der Waals surface area contributed by atoms with Crippen LogP contribution in [0.5, 0.6) is 0 Å². The Labute approximate surface area is 145 Å². The smallest absolute Gasteiger partial charge is 0.398 e. The van der Waals surface area contributed by atoms with E-state index in [2.05, 4.69) is 12.6 Å². The van der Waals surface area contributed by atoms with Crippen molar-refractivity contribution in [2.45, 2.75) is 23.8 Å². The second kappa shape index (κ2) is 11.9. The summed E-state index contributed by atoms with van der Waals surface area (Å²) in [6.45, 7) is 2.34. The molecule has 0 spiro atoms. The number of hydrogen-bond acceptors (Lipinski definition) is 7. The minimum Gasteiger partial charge on any atom is -0.398 e. The zero-order chi connectivity index (χ0) is 17.1. The van der Waals surface area contributed by atoms with E-state index < -0.39 is 9.53 Å². The molecule has 1 heterocycles. The van der Waals surface area contributed by atoms with Crippen molar-refractivity contribution in [1.29, 1.82) is 0 Å². The second-order valence-electron chi connectivity index (χ2n) is 4.85. The summed E-state index contributed by atoms with van der Waals surface area (Å²) in [5, 5.41) is 0. The van der Waals surface area contributed by atoms with Gasteiger partial charge in [0.15, 0.2) is 0 Å². The van der Waals surface area contributed by atoms with Crippen molar-refractivity contribution >= 4 is 27.8 Å². The number of ether oxygens (including phenoxy) is 2. The molecule has 2 rings (SSSR count). The van der Waals surface area contributed by atoms with Crippen LogP contribution in [0.3, 0.4) is 0 Å². The summed E-state index contributed by atoms with van der Waals surface area (Å²) >= 11 is 4.29. The predicted molar refractivity (Wildman–Crippen MR) is 93.8 cm³/mol. The van der Waals surface area contributed by atoms with Crippen LogP contribution in [0.2, 0.25) is 0 Å². The summed E-state index contributed by atoms with van der Waals surface area (Å²) in [7, 11) is 3.31. The van der Waals surface area contributed by atoms with E-state index in [0.29, 0.717) is 6.10 Å². The van der Waals surface area contributed by atoms with Crippen molar-refractivity contribution in [3.63, 3.8) is 0 Å². The molecule has 1 aromatic carbocycles. The lowest BCUT2D eigenvalue weighted by Crippen LogP contribution is -2.21. The SMILES string of the molecule is CO[Si](OC)OC.Nc1c(S)cccc1CCCOCC1CO1. The van der Waals surface area contributed by atoms with Gasteiger partial charge in [-0.25, -0.2) is 0 Å². The van der Waals surface area contributed by atoms with Crippen molar-refractivity contribution in [2.75, 3.05) is 46.9 Å².